The number of hydrazine groups is 1. The summed E-state index contributed by atoms with van der Waals surface area (Å²) in [7, 11) is 1.22. The quantitative estimate of drug-likeness (QED) is 0.0328. The summed E-state index contributed by atoms with van der Waals surface area (Å²) in [6, 6.07) is 22.3. The van der Waals surface area contributed by atoms with E-state index in [1.165, 1.54) is 4.90 Å². The molecule has 3 rings (SSSR count). The van der Waals surface area contributed by atoms with Crippen molar-refractivity contribution in [1.82, 2.24) is 35.4 Å². The maximum Gasteiger partial charge on any atom is 1.00 e. The predicted molar refractivity (Wildman–Crippen MR) is 192 cm³/mol. The number of likely N-dealkylation sites (N-methyl/N-ethyl adjacent to an activating group) is 2. The standard InChI is InChI=1S/C28H39N7O3.C7H9NO3P.Na/c1-6-16-34(7-2)35(23(3)30-19-24-12-9-8-10-13-24)27(33(22-37)17-18-36)21-32(5)20-25-14-11-15-26(31-25)28(38)29-4;1-6-2-4-7(5-3-6)10-12(9)11-8;/h6,8-15,18,22,27,30H,1,3,7,16-17,19-21H2,2,4-5H3,(H,29,38);2-5H,8H2,1H3;/q;-1;+1. The minimum atomic E-state index is -2.24. The first-order valence-corrected chi connectivity index (χ1v) is 16.9. The molecule has 0 bridgehead atoms. The monoisotopic (exact) mass is 730 g/mol. The van der Waals surface area contributed by atoms with E-state index in [1.807, 2.05) is 84.3 Å². The maximum atomic E-state index is 12.2. The van der Waals surface area contributed by atoms with Crippen molar-refractivity contribution >= 4 is 27.2 Å². The zero-order valence-electron chi connectivity index (χ0n) is 30.1. The molecule has 51 heavy (non-hydrogen) atoms. The van der Waals surface area contributed by atoms with Crippen molar-refractivity contribution in [1.29, 1.82) is 0 Å². The number of carbonyl (C=O) groups is 3. The van der Waals surface area contributed by atoms with E-state index in [9.17, 15) is 19.3 Å². The maximum absolute atomic E-state index is 12.2. The third-order valence-electron chi connectivity index (χ3n) is 7.17. The number of hydrogen-bond acceptors (Lipinski definition) is 12. The molecule has 16 heteroatoms. The van der Waals surface area contributed by atoms with Gasteiger partial charge in [0.05, 0.1) is 12.2 Å². The molecule has 0 fully saturated rings. The van der Waals surface area contributed by atoms with Crippen LogP contribution < -0.4 is 55.5 Å². The Labute approximate surface area is 324 Å². The summed E-state index contributed by atoms with van der Waals surface area (Å²) < 4.78 is 8.75. The van der Waals surface area contributed by atoms with Gasteiger partial charge < -0.3 is 29.7 Å². The fourth-order valence-corrected chi connectivity index (χ4v) is 5.07. The van der Waals surface area contributed by atoms with Crippen molar-refractivity contribution in [3.63, 3.8) is 0 Å². The molecule has 0 aliphatic carbocycles. The first-order valence-electron chi connectivity index (χ1n) is 15.8. The molecule has 0 saturated heterocycles. The van der Waals surface area contributed by atoms with Crippen LogP contribution in [0.4, 0.5) is 0 Å². The number of pyridine rings is 1. The molecule has 2 unspecified atom stereocenters. The second-order valence-electron chi connectivity index (χ2n) is 10.9. The molecule has 0 saturated carbocycles. The van der Waals surface area contributed by atoms with E-state index in [1.54, 1.807) is 37.4 Å². The van der Waals surface area contributed by atoms with Gasteiger partial charge >= 0.3 is 29.6 Å². The molecular weight excluding hydrogens is 682 g/mol. The van der Waals surface area contributed by atoms with Gasteiger partial charge in [-0.3, -0.25) is 24.1 Å². The Kier molecular flexibility index (Phi) is 22.5. The molecule has 2 atom stereocenters. The van der Waals surface area contributed by atoms with Crippen LogP contribution in [0.3, 0.4) is 0 Å². The van der Waals surface area contributed by atoms with E-state index in [-0.39, 0.29) is 42.0 Å². The third-order valence-corrected chi connectivity index (χ3v) is 7.70. The van der Waals surface area contributed by atoms with Gasteiger partial charge in [0.25, 0.3) is 5.91 Å². The van der Waals surface area contributed by atoms with Crippen molar-refractivity contribution in [2.24, 2.45) is 5.90 Å². The van der Waals surface area contributed by atoms with Crippen LogP contribution in [0.2, 0.25) is 0 Å². The largest absolute Gasteiger partial charge is 1.00 e. The SMILES string of the molecule is C=CCN(CC)N(C(=C)NCc1ccccc1)C(CN(C)Cc1cccc(C(=O)NC)n1)N(C=O)CC=O.Cc1ccc(OP([O-])ON)cc1.[Na+]. The Balaban J connectivity index is 0.000000843. The Morgan fingerprint density at radius 2 is 1.76 bits per heavy atom. The van der Waals surface area contributed by atoms with Crippen LogP contribution in [0.15, 0.2) is 97.9 Å². The van der Waals surface area contributed by atoms with E-state index < -0.39 is 14.8 Å². The van der Waals surface area contributed by atoms with Crippen molar-refractivity contribution in [3.05, 3.63) is 120 Å². The fourth-order valence-electron chi connectivity index (χ4n) is 4.73. The molecule has 0 radical (unpaired) electrons. The summed E-state index contributed by atoms with van der Waals surface area (Å²) in [6.07, 6.45) is 2.59. The van der Waals surface area contributed by atoms with Crippen LogP contribution in [0.1, 0.15) is 34.2 Å². The van der Waals surface area contributed by atoms with Crippen LogP contribution in [0.5, 0.6) is 5.75 Å². The summed E-state index contributed by atoms with van der Waals surface area (Å²) in [5.41, 5.74) is 3.21. The van der Waals surface area contributed by atoms with Crippen molar-refractivity contribution in [3.8, 4) is 5.75 Å². The molecule has 3 aromatic rings. The average Bonchev–Trinajstić information content (AvgIpc) is 3.13. The first-order chi connectivity index (χ1) is 24.1. The molecule has 0 aliphatic rings. The molecule has 2 amide bonds. The van der Waals surface area contributed by atoms with E-state index in [2.05, 4.69) is 39.3 Å². The Morgan fingerprint density at radius 1 is 1.08 bits per heavy atom. The normalized spacial score (nSPS) is 11.5. The average molecular weight is 731 g/mol. The van der Waals surface area contributed by atoms with Gasteiger partial charge in [-0.05, 0) is 43.8 Å². The zero-order chi connectivity index (χ0) is 36.9. The molecule has 1 heterocycles. The molecule has 2 aromatic carbocycles. The number of aldehydes is 1. The summed E-state index contributed by atoms with van der Waals surface area (Å²) in [5.74, 6) is 5.43. The number of rotatable bonds is 21. The topological polar surface area (TPSA) is 169 Å². The number of amides is 2. The molecule has 0 spiro atoms. The molecule has 1 aromatic heterocycles. The number of carbonyl (C=O) groups excluding carboxylic acids is 3. The fraction of sp³-hybridized carbons (Fsp3) is 0.314. The molecule has 270 valence electrons. The van der Waals surface area contributed by atoms with Crippen LogP contribution >= 0.6 is 8.60 Å². The van der Waals surface area contributed by atoms with Gasteiger partial charge in [-0.2, -0.15) is 0 Å². The predicted octanol–water partition coefficient (Wildman–Crippen LogP) is -0.302. The van der Waals surface area contributed by atoms with Gasteiger partial charge in [0, 0.05) is 39.8 Å². The van der Waals surface area contributed by atoms with Gasteiger partial charge in [0.15, 0.2) is 8.60 Å². The Bertz CT molecular complexity index is 1490. The third kappa shape index (κ3) is 16.0. The number of nitrogens with two attached hydrogens (primary N) is 1. The molecule has 14 nitrogen and oxygen atoms in total. The summed E-state index contributed by atoms with van der Waals surface area (Å²) in [4.78, 5) is 54.2. The Hall–Kier alpha value is -3.69. The molecule has 0 aliphatic heterocycles. The second kappa shape index (κ2) is 25.3. The number of nitrogens with one attached hydrogen (secondary N) is 2. The van der Waals surface area contributed by atoms with Crippen LogP contribution in [-0.2, 0) is 27.3 Å². The van der Waals surface area contributed by atoms with Crippen LogP contribution in [0.25, 0.3) is 0 Å². The van der Waals surface area contributed by atoms with E-state index in [4.69, 9.17) is 4.52 Å². The summed E-state index contributed by atoms with van der Waals surface area (Å²) in [5, 5.41) is 9.88. The van der Waals surface area contributed by atoms with E-state index in [0.29, 0.717) is 68.4 Å². The van der Waals surface area contributed by atoms with E-state index >= 15 is 0 Å². The van der Waals surface area contributed by atoms with Crippen molar-refractivity contribution in [2.75, 3.05) is 40.3 Å². The van der Waals surface area contributed by atoms with Crippen molar-refractivity contribution < 1.29 is 58.0 Å². The summed E-state index contributed by atoms with van der Waals surface area (Å²) in [6.45, 7) is 14.5. The van der Waals surface area contributed by atoms with Gasteiger partial charge in [0.2, 0.25) is 6.41 Å². The van der Waals surface area contributed by atoms with Gasteiger partial charge in [-0.15, -0.1) is 6.58 Å². The number of hydrogen-bond donors (Lipinski definition) is 3. The van der Waals surface area contributed by atoms with Crippen LogP contribution in [-0.4, -0.2) is 89.8 Å². The van der Waals surface area contributed by atoms with Gasteiger partial charge in [-0.25, -0.2) is 15.9 Å². The summed E-state index contributed by atoms with van der Waals surface area (Å²) >= 11 is 0. The number of aryl methyl sites for hydroxylation is 1. The molecule has 4 N–H and O–H groups in total. The zero-order valence-corrected chi connectivity index (χ0v) is 33.0. The minimum absolute atomic E-state index is 0. The van der Waals surface area contributed by atoms with Crippen LogP contribution in [0, 0.1) is 6.92 Å². The minimum Gasteiger partial charge on any atom is -0.774 e. The molecular formula is C35H48N8NaO6P. The number of benzene rings is 2. The number of aromatic nitrogens is 1. The number of nitrogens with zero attached hydrogens (tertiary/aromatic N) is 5. The van der Waals surface area contributed by atoms with Gasteiger partial charge in [-0.1, -0.05) is 73.7 Å². The van der Waals surface area contributed by atoms with Crippen molar-refractivity contribution in [2.45, 2.75) is 33.1 Å². The van der Waals surface area contributed by atoms with Gasteiger partial charge in [0.1, 0.15) is 29.7 Å². The van der Waals surface area contributed by atoms with E-state index in [0.717, 1.165) is 11.1 Å². The Morgan fingerprint density at radius 3 is 2.33 bits per heavy atom. The smallest absolute Gasteiger partial charge is 0.774 e. The second-order valence-corrected chi connectivity index (χ2v) is 11.7. The first kappa shape index (κ1) is 45.3.